The number of ether oxygens (including phenoxy) is 1. The Hall–Kier alpha value is -1.59. The molecule has 0 bridgehead atoms. The lowest BCUT2D eigenvalue weighted by Gasteiger charge is -2.09. The minimum atomic E-state index is -0.389. The molecule has 0 saturated carbocycles. The van der Waals surface area contributed by atoms with Crippen molar-refractivity contribution < 1.29 is 9.53 Å². The number of benzene rings is 1. The predicted octanol–water partition coefficient (Wildman–Crippen LogP) is 0.742. The molecule has 0 spiro atoms. The van der Waals surface area contributed by atoms with Gasteiger partial charge in [-0.2, -0.15) is 0 Å². The normalized spacial score (nSPS) is 10.3. The molecule has 0 saturated heterocycles. The van der Waals surface area contributed by atoms with E-state index in [1.165, 1.54) is 0 Å². The predicted molar refractivity (Wildman–Crippen MR) is 72.9 cm³/mol. The lowest BCUT2D eigenvalue weighted by Crippen LogP contribution is -2.25. The lowest BCUT2D eigenvalue weighted by molar-refractivity contribution is 0.1000. The molecule has 5 nitrogen and oxygen atoms in total. The van der Waals surface area contributed by atoms with Crippen LogP contribution < -0.4 is 16.4 Å². The van der Waals surface area contributed by atoms with Gasteiger partial charge in [0, 0.05) is 38.0 Å². The van der Waals surface area contributed by atoms with E-state index in [1.807, 2.05) is 19.1 Å². The second kappa shape index (κ2) is 7.68. The number of nitrogens with one attached hydrogen (secondary N) is 2. The quantitative estimate of drug-likeness (QED) is 0.596. The van der Waals surface area contributed by atoms with Crippen LogP contribution in [0.3, 0.4) is 0 Å². The van der Waals surface area contributed by atoms with E-state index < -0.39 is 0 Å². The summed E-state index contributed by atoms with van der Waals surface area (Å²) in [6, 6.07) is 5.54. The summed E-state index contributed by atoms with van der Waals surface area (Å²) in [5.41, 5.74) is 7.70. The number of hydrogen-bond acceptors (Lipinski definition) is 4. The SMILES string of the molecule is COCCNCCNc1ccc(C(N)=O)c(C)c1. The number of amides is 1. The molecule has 5 heteroatoms. The maximum atomic E-state index is 11.1. The van der Waals surface area contributed by atoms with Gasteiger partial charge >= 0.3 is 0 Å². The fraction of sp³-hybridized carbons (Fsp3) is 0.462. The smallest absolute Gasteiger partial charge is 0.248 e. The Morgan fingerprint density at radius 3 is 2.72 bits per heavy atom. The fourth-order valence-electron chi connectivity index (χ4n) is 1.64. The van der Waals surface area contributed by atoms with Crippen LogP contribution in [-0.2, 0) is 4.74 Å². The molecule has 0 atom stereocenters. The molecule has 18 heavy (non-hydrogen) atoms. The molecule has 0 aliphatic rings. The molecule has 1 amide bonds. The van der Waals surface area contributed by atoms with Crippen molar-refractivity contribution in [1.29, 1.82) is 0 Å². The minimum absolute atomic E-state index is 0.389. The van der Waals surface area contributed by atoms with Crippen LogP contribution in [0.1, 0.15) is 15.9 Å². The van der Waals surface area contributed by atoms with Crippen LogP contribution in [0.2, 0.25) is 0 Å². The van der Waals surface area contributed by atoms with Gasteiger partial charge in [-0.05, 0) is 30.7 Å². The first-order valence-corrected chi connectivity index (χ1v) is 5.99. The highest BCUT2D eigenvalue weighted by Crippen LogP contribution is 2.14. The second-order valence-electron chi connectivity index (χ2n) is 4.06. The first kappa shape index (κ1) is 14.5. The van der Waals surface area contributed by atoms with Crippen molar-refractivity contribution in [3.05, 3.63) is 29.3 Å². The number of methoxy groups -OCH3 is 1. The number of aryl methyl sites for hydroxylation is 1. The first-order chi connectivity index (χ1) is 8.65. The van der Waals surface area contributed by atoms with E-state index in [4.69, 9.17) is 10.5 Å². The van der Waals surface area contributed by atoms with Gasteiger partial charge < -0.3 is 21.1 Å². The van der Waals surface area contributed by atoms with Crippen molar-refractivity contribution in [3.8, 4) is 0 Å². The summed E-state index contributed by atoms with van der Waals surface area (Å²) in [7, 11) is 1.68. The van der Waals surface area contributed by atoms with Crippen LogP contribution >= 0.6 is 0 Å². The monoisotopic (exact) mass is 251 g/mol. The highest BCUT2D eigenvalue weighted by molar-refractivity contribution is 5.94. The van der Waals surface area contributed by atoms with E-state index in [0.717, 1.165) is 30.9 Å². The average molecular weight is 251 g/mol. The first-order valence-electron chi connectivity index (χ1n) is 5.99. The van der Waals surface area contributed by atoms with Crippen molar-refractivity contribution in [2.75, 3.05) is 38.7 Å². The number of carbonyl (C=O) groups is 1. The molecule has 0 unspecified atom stereocenters. The van der Waals surface area contributed by atoms with E-state index in [0.29, 0.717) is 12.2 Å². The minimum Gasteiger partial charge on any atom is -0.384 e. The topological polar surface area (TPSA) is 76.4 Å². The zero-order chi connectivity index (χ0) is 13.4. The van der Waals surface area contributed by atoms with Crippen LogP contribution in [0, 0.1) is 6.92 Å². The van der Waals surface area contributed by atoms with Crippen LogP contribution in [0.4, 0.5) is 5.69 Å². The fourth-order valence-corrected chi connectivity index (χ4v) is 1.64. The molecule has 0 fully saturated rings. The van der Waals surface area contributed by atoms with Gasteiger partial charge in [0.1, 0.15) is 0 Å². The van der Waals surface area contributed by atoms with Gasteiger partial charge in [0.2, 0.25) is 5.91 Å². The van der Waals surface area contributed by atoms with E-state index in [1.54, 1.807) is 13.2 Å². The van der Waals surface area contributed by atoms with Crippen molar-refractivity contribution in [2.24, 2.45) is 5.73 Å². The van der Waals surface area contributed by atoms with E-state index in [-0.39, 0.29) is 5.91 Å². The lowest BCUT2D eigenvalue weighted by atomic mass is 10.1. The molecule has 0 radical (unpaired) electrons. The summed E-state index contributed by atoms with van der Waals surface area (Å²) < 4.78 is 4.93. The molecule has 4 N–H and O–H groups in total. The number of anilines is 1. The Balaban J connectivity index is 2.35. The molecule has 1 rings (SSSR count). The highest BCUT2D eigenvalue weighted by Gasteiger charge is 2.04. The maximum absolute atomic E-state index is 11.1. The molecule has 0 heterocycles. The molecular weight excluding hydrogens is 230 g/mol. The van der Waals surface area contributed by atoms with Crippen LogP contribution in [-0.4, -0.2) is 39.3 Å². The zero-order valence-corrected chi connectivity index (χ0v) is 11.0. The third-order valence-electron chi connectivity index (χ3n) is 2.61. The van der Waals surface area contributed by atoms with Gasteiger partial charge in [-0.15, -0.1) is 0 Å². The highest BCUT2D eigenvalue weighted by atomic mass is 16.5. The molecule has 1 aromatic carbocycles. The summed E-state index contributed by atoms with van der Waals surface area (Å²) in [6.45, 7) is 5.12. The summed E-state index contributed by atoms with van der Waals surface area (Å²) in [5.74, 6) is -0.389. The van der Waals surface area contributed by atoms with Gasteiger partial charge in [0.25, 0.3) is 0 Å². The number of nitrogens with two attached hydrogens (primary N) is 1. The van der Waals surface area contributed by atoms with E-state index in [9.17, 15) is 4.79 Å². The zero-order valence-electron chi connectivity index (χ0n) is 11.0. The van der Waals surface area contributed by atoms with Crippen molar-refractivity contribution in [3.63, 3.8) is 0 Å². The van der Waals surface area contributed by atoms with Crippen LogP contribution in [0.25, 0.3) is 0 Å². The summed E-state index contributed by atoms with van der Waals surface area (Å²) in [5, 5.41) is 6.51. The van der Waals surface area contributed by atoms with Crippen molar-refractivity contribution in [2.45, 2.75) is 6.92 Å². The molecule has 0 aliphatic carbocycles. The summed E-state index contributed by atoms with van der Waals surface area (Å²) in [4.78, 5) is 11.1. The average Bonchev–Trinajstić information content (AvgIpc) is 2.33. The summed E-state index contributed by atoms with van der Waals surface area (Å²) >= 11 is 0. The van der Waals surface area contributed by atoms with Crippen LogP contribution in [0.5, 0.6) is 0 Å². The Kier molecular flexibility index (Phi) is 6.18. The third kappa shape index (κ3) is 4.73. The molecule has 0 aromatic heterocycles. The number of hydrogen-bond donors (Lipinski definition) is 3. The van der Waals surface area contributed by atoms with Crippen molar-refractivity contribution >= 4 is 11.6 Å². The Labute approximate surface area is 108 Å². The molecule has 0 aliphatic heterocycles. The second-order valence-corrected chi connectivity index (χ2v) is 4.06. The standard InChI is InChI=1S/C13H21N3O2/c1-10-9-11(3-4-12(10)13(14)17)16-6-5-15-7-8-18-2/h3-4,9,15-16H,5-8H2,1-2H3,(H2,14,17). The van der Waals surface area contributed by atoms with Crippen LogP contribution in [0.15, 0.2) is 18.2 Å². The maximum Gasteiger partial charge on any atom is 0.248 e. The van der Waals surface area contributed by atoms with Gasteiger partial charge in [0.05, 0.1) is 6.61 Å². The summed E-state index contributed by atoms with van der Waals surface area (Å²) in [6.07, 6.45) is 0. The van der Waals surface area contributed by atoms with Crippen molar-refractivity contribution in [1.82, 2.24) is 5.32 Å². The Bertz CT molecular complexity index is 394. The Morgan fingerprint density at radius 1 is 1.33 bits per heavy atom. The van der Waals surface area contributed by atoms with Gasteiger partial charge in [-0.3, -0.25) is 4.79 Å². The Morgan fingerprint density at radius 2 is 2.11 bits per heavy atom. The number of primary amides is 1. The number of carbonyl (C=O) groups excluding carboxylic acids is 1. The number of rotatable bonds is 8. The van der Waals surface area contributed by atoms with E-state index in [2.05, 4.69) is 10.6 Å². The molecular formula is C13H21N3O2. The van der Waals surface area contributed by atoms with Gasteiger partial charge in [-0.25, -0.2) is 0 Å². The molecule has 1 aromatic rings. The largest absolute Gasteiger partial charge is 0.384 e. The van der Waals surface area contributed by atoms with Gasteiger partial charge in [-0.1, -0.05) is 0 Å². The molecule has 100 valence electrons. The van der Waals surface area contributed by atoms with E-state index >= 15 is 0 Å². The third-order valence-corrected chi connectivity index (χ3v) is 2.61. The van der Waals surface area contributed by atoms with Gasteiger partial charge in [0.15, 0.2) is 0 Å².